The predicted molar refractivity (Wildman–Crippen MR) is 49.9 cm³/mol. The summed E-state index contributed by atoms with van der Waals surface area (Å²) in [4.78, 5) is 1.92. The van der Waals surface area contributed by atoms with Gasteiger partial charge in [-0.3, -0.25) is 4.90 Å². The number of nitriles is 1. The van der Waals surface area contributed by atoms with Crippen LogP contribution in [0.1, 0.15) is 13.3 Å². The van der Waals surface area contributed by atoms with Crippen LogP contribution in [-0.2, 0) is 9.84 Å². The molecule has 0 aromatic heterocycles. The zero-order chi connectivity index (χ0) is 9.90. The number of hydrogen-bond acceptors (Lipinski definition) is 4. The summed E-state index contributed by atoms with van der Waals surface area (Å²) in [5.74, 6) is 0.459. The molecule has 1 rings (SSSR count). The van der Waals surface area contributed by atoms with E-state index < -0.39 is 9.84 Å². The maximum atomic E-state index is 11.2. The molecule has 0 bridgehead atoms. The molecular weight excluding hydrogens is 188 g/mol. The highest BCUT2D eigenvalue weighted by Gasteiger charge is 2.21. The summed E-state index contributed by atoms with van der Waals surface area (Å²) in [7, 11) is -2.84. The summed E-state index contributed by atoms with van der Waals surface area (Å²) in [5, 5.41) is 8.67. The van der Waals surface area contributed by atoms with Crippen molar-refractivity contribution in [1.29, 1.82) is 5.26 Å². The van der Waals surface area contributed by atoms with Crippen LogP contribution in [0.25, 0.3) is 0 Å². The maximum absolute atomic E-state index is 11.2. The molecule has 1 unspecified atom stereocenters. The fraction of sp³-hybridized carbons (Fsp3) is 0.875. The molecule has 0 saturated carbocycles. The van der Waals surface area contributed by atoms with Crippen LogP contribution in [0.2, 0.25) is 0 Å². The minimum absolute atomic E-state index is 0.173. The van der Waals surface area contributed by atoms with E-state index in [0.29, 0.717) is 19.5 Å². The van der Waals surface area contributed by atoms with Crippen molar-refractivity contribution in [3.8, 4) is 6.07 Å². The molecule has 1 fully saturated rings. The van der Waals surface area contributed by atoms with Crippen molar-refractivity contribution >= 4 is 9.84 Å². The average molecular weight is 202 g/mol. The first kappa shape index (κ1) is 10.5. The number of nitrogens with zero attached hydrogens (tertiary/aromatic N) is 2. The third-order valence-electron chi connectivity index (χ3n) is 2.32. The van der Waals surface area contributed by atoms with E-state index in [0.717, 1.165) is 0 Å². The fourth-order valence-electron chi connectivity index (χ4n) is 1.43. The zero-order valence-corrected chi connectivity index (χ0v) is 8.55. The van der Waals surface area contributed by atoms with Gasteiger partial charge in [-0.1, -0.05) is 0 Å². The molecule has 0 amide bonds. The molecule has 0 radical (unpaired) electrons. The van der Waals surface area contributed by atoms with Crippen molar-refractivity contribution in [2.24, 2.45) is 0 Å². The number of hydrogen-bond donors (Lipinski definition) is 0. The van der Waals surface area contributed by atoms with E-state index in [-0.39, 0.29) is 17.5 Å². The molecule has 0 aromatic carbocycles. The molecule has 0 spiro atoms. The van der Waals surface area contributed by atoms with Crippen LogP contribution in [-0.4, -0.2) is 44.0 Å². The highest BCUT2D eigenvalue weighted by molar-refractivity contribution is 7.91. The van der Waals surface area contributed by atoms with Crippen molar-refractivity contribution in [3.05, 3.63) is 0 Å². The lowest BCUT2D eigenvalue weighted by Gasteiger charge is -2.20. The van der Waals surface area contributed by atoms with Crippen molar-refractivity contribution in [2.45, 2.75) is 19.4 Å². The Balaban J connectivity index is 2.61. The molecule has 1 aliphatic rings. The van der Waals surface area contributed by atoms with Gasteiger partial charge in [0, 0.05) is 13.1 Å². The second-order valence-corrected chi connectivity index (χ2v) is 5.65. The molecule has 13 heavy (non-hydrogen) atoms. The topological polar surface area (TPSA) is 61.2 Å². The first-order valence-electron chi connectivity index (χ1n) is 4.39. The van der Waals surface area contributed by atoms with Gasteiger partial charge in [0.2, 0.25) is 0 Å². The molecule has 4 nitrogen and oxygen atoms in total. The Morgan fingerprint density at radius 3 is 2.69 bits per heavy atom. The Labute approximate surface area is 79.1 Å². The molecule has 74 valence electrons. The van der Waals surface area contributed by atoms with E-state index in [4.69, 9.17) is 5.26 Å². The number of rotatable bonds is 1. The smallest absolute Gasteiger partial charge is 0.151 e. The van der Waals surface area contributed by atoms with Gasteiger partial charge in [0.15, 0.2) is 9.84 Å². The SMILES string of the molecule is CC(C#N)N1CCCS(=O)(=O)CC1. The Kier molecular flexibility index (Phi) is 3.28. The van der Waals surface area contributed by atoms with Gasteiger partial charge in [0.05, 0.1) is 23.6 Å². The van der Waals surface area contributed by atoms with Crippen LogP contribution in [0.5, 0.6) is 0 Å². The maximum Gasteiger partial charge on any atom is 0.151 e. The Morgan fingerprint density at radius 2 is 2.08 bits per heavy atom. The quantitative estimate of drug-likeness (QED) is 0.601. The first-order chi connectivity index (χ1) is 6.05. The predicted octanol–water partition coefficient (Wildman–Crippen LogP) is 0.0190. The minimum atomic E-state index is -2.84. The fourth-order valence-corrected chi connectivity index (χ4v) is 2.71. The van der Waals surface area contributed by atoms with E-state index in [9.17, 15) is 8.42 Å². The van der Waals surface area contributed by atoms with Crippen LogP contribution in [0.4, 0.5) is 0 Å². The van der Waals surface area contributed by atoms with E-state index in [1.165, 1.54) is 0 Å². The van der Waals surface area contributed by atoms with Crippen molar-refractivity contribution in [1.82, 2.24) is 4.90 Å². The Bertz CT molecular complexity index is 305. The second-order valence-electron chi connectivity index (χ2n) is 3.35. The third kappa shape index (κ3) is 2.98. The Morgan fingerprint density at radius 1 is 1.38 bits per heavy atom. The van der Waals surface area contributed by atoms with Gasteiger partial charge in [-0.15, -0.1) is 0 Å². The highest BCUT2D eigenvalue weighted by atomic mass is 32.2. The second kappa shape index (κ2) is 4.07. The molecule has 1 aliphatic heterocycles. The third-order valence-corrected chi connectivity index (χ3v) is 4.04. The van der Waals surface area contributed by atoms with Gasteiger partial charge in [0.1, 0.15) is 0 Å². The van der Waals surface area contributed by atoms with Crippen molar-refractivity contribution in [2.75, 3.05) is 24.6 Å². The first-order valence-corrected chi connectivity index (χ1v) is 6.21. The summed E-state index contributed by atoms with van der Waals surface area (Å²) >= 11 is 0. The van der Waals surface area contributed by atoms with E-state index >= 15 is 0 Å². The largest absolute Gasteiger partial charge is 0.287 e. The Hall–Kier alpha value is -0.600. The van der Waals surface area contributed by atoms with Gasteiger partial charge in [-0.2, -0.15) is 5.26 Å². The van der Waals surface area contributed by atoms with Crippen LogP contribution >= 0.6 is 0 Å². The van der Waals surface area contributed by atoms with Crippen LogP contribution < -0.4 is 0 Å². The summed E-state index contributed by atoms with van der Waals surface area (Å²) < 4.78 is 22.4. The molecule has 5 heteroatoms. The van der Waals surface area contributed by atoms with Crippen LogP contribution in [0.3, 0.4) is 0 Å². The summed E-state index contributed by atoms with van der Waals surface area (Å²) in [5.41, 5.74) is 0. The van der Waals surface area contributed by atoms with Crippen LogP contribution in [0.15, 0.2) is 0 Å². The minimum Gasteiger partial charge on any atom is -0.287 e. The zero-order valence-electron chi connectivity index (χ0n) is 7.73. The van der Waals surface area contributed by atoms with Crippen molar-refractivity contribution in [3.63, 3.8) is 0 Å². The lowest BCUT2D eigenvalue weighted by Crippen LogP contribution is -2.34. The molecule has 0 N–H and O–H groups in total. The lowest BCUT2D eigenvalue weighted by atomic mass is 10.3. The number of sulfone groups is 1. The molecule has 1 saturated heterocycles. The van der Waals surface area contributed by atoms with E-state index in [1.54, 1.807) is 6.92 Å². The molecule has 1 heterocycles. The highest BCUT2D eigenvalue weighted by Crippen LogP contribution is 2.07. The van der Waals surface area contributed by atoms with Gasteiger partial charge in [-0.05, 0) is 13.3 Å². The van der Waals surface area contributed by atoms with Gasteiger partial charge in [0.25, 0.3) is 0 Å². The summed E-state index contributed by atoms with van der Waals surface area (Å²) in [6.45, 7) is 3.02. The molecular formula is C8H14N2O2S. The summed E-state index contributed by atoms with van der Waals surface area (Å²) in [6, 6.07) is 1.95. The lowest BCUT2D eigenvalue weighted by molar-refractivity contribution is 0.265. The molecule has 1 atom stereocenters. The average Bonchev–Trinajstić information content (AvgIpc) is 2.25. The summed E-state index contributed by atoms with van der Waals surface area (Å²) in [6.07, 6.45) is 0.647. The van der Waals surface area contributed by atoms with Gasteiger partial charge in [-0.25, -0.2) is 8.42 Å². The standard InChI is InChI=1S/C8H14N2O2S/c1-8(7-9)10-3-2-5-13(11,12)6-4-10/h8H,2-6H2,1H3. The molecule has 0 aromatic rings. The van der Waals surface area contributed by atoms with Crippen molar-refractivity contribution < 1.29 is 8.42 Å². The normalized spacial score (nSPS) is 25.8. The van der Waals surface area contributed by atoms with E-state index in [1.807, 2.05) is 4.90 Å². The monoisotopic (exact) mass is 202 g/mol. The molecule has 0 aliphatic carbocycles. The van der Waals surface area contributed by atoms with Gasteiger partial charge < -0.3 is 0 Å². The van der Waals surface area contributed by atoms with Gasteiger partial charge >= 0.3 is 0 Å². The van der Waals surface area contributed by atoms with E-state index in [2.05, 4.69) is 6.07 Å². The van der Waals surface area contributed by atoms with Crippen LogP contribution in [0, 0.1) is 11.3 Å².